The number of hydrogen-bond donors (Lipinski definition) is 3. The van der Waals surface area contributed by atoms with E-state index in [1.54, 1.807) is 6.07 Å². The predicted octanol–water partition coefficient (Wildman–Crippen LogP) is 2.00. The minimum Gasteiger partial charge on any atom is -0.384 e. The molecule has 0 aliphatic carbocycles. The zero-order valence-corrected chi connectivity index (χ0v) is 22.8. The molecule has 3 N–H and O–H groups in total. The summed E-state index contributed by atoms with van der Waals surface area (Å²) in [4.78, 5) is 43.1. The van der Waals surface area contributed by atoms with Crippen molar-refractivity contribution < 1.29 is 24.2 Å². The van der Waals surface area contributed by atoms with Crippen LogP contribution in [0.15, 0.2) is 48.5 Å². The van der Waals surface area contributed by atoms with Crippen LogP contribution in [0.5, 0.6) is 0 Å². The molecule has 3 amide bonds. The second kappa shape index (κ2) is 10.5. The Balaban J connectivity index is 1.20. The van der Waals surface area contributed by atoms with E-state index in [-0.39, 0.29) is 24.3 Å². The molecule has 10 heteroatoms. The Morgan fingerprint density at radius 2 is 2.05 bits per heavy atom. The lowest BCUT2D eigenvalue weighted by atomic mass is 9.92. The number of nitrogens with zero attached hydrogens (tertiary/aromatic N) is 2. The zero-order chi connectivity index (χ0) is 27.1. The third-order valence-electron chi connectivity index (χ3n) is 8.40. The number of rotatable bonds is 8. The summed E-state index contributed by atoms with van der Waals surface area (Å²) in [7, 11) is 0. The van der Waals surface area contributed by atoms with Crippen molar-refractivity contribution in [3.8, 4) is 0 Å². The third-order valence-corrected chi connectivity index (χ3v) is 9.84. The predicted molar refractivity (Wildman–Crippen MR) is 148 cm³/mol. The summed E-state index contributed by atoms with van der Waals surface area (Å²) >= 11 is 1.53. The molecule has 9 nitrogen and oxygen atoms in total. The molecule has 2 aromatic carbocycles. The van der Waals surface area contributed by atoms with Gasteiger partial charge in [-0.3, -0.25) is 14.4 Å². The van der Waals surface area contributed by atoms with Crippen molar-refractivity contribution in [2.24, 2.45) is 0 Å². The van der Waals surface area contributed by atoms with Crippen LogP contribution in [0.25, 0.3) is 0 Å². The first-order valence-electron chi connectivity index (χ1n) is 13.6. The molecule has 4 heterocycles. The summed E-state index contributed by atoms with van der Waals surface area (Å²) in [5.41, 5.74) is 3.30. The SMILES string of the molecule is CC12SCN(C(=O)[C@@H](O)[C@H](Cc3ccccc3)NC(=O)c3cccc4c3CCN4)[C@@H]1C(=O)N2C[C@H]1CCCO1. The van der Waals surface area contributed by atoms with E-state index in [4.69, 9.17) is 4.74 Å². The number of likely N-dealkylation sites (tertiary alicyclic amines) is 1. The highest BCUT2D eigenvalue weighted by Gasteiger charge is 2.65. The quantitative estimate of drug-likeness (QED) is 0.431. The molecule has 206 valence electrons. The number of carbonyl (C=O) groups is 3. The van der Waals surface area contributed by atoms with Crippen LogP contribution in [-0.2, 0) is 27.2 Å². The fraction of sp³-hybridized carbons (Fsp3) is 0.483. The van der Waals surface area contributed by atoms with E-state index >= 15 is 0 Å². The van der Waals surface area contributed by atoms with Gasteiger partial charge < -0.3 is 30.3 Å². The number of aliphatic hydroxyl groups is 1. The molecule has 2 aromatic rings. The van der Waals surface area contributed by atoms with Crippen molar-refractivity contribution in [1.82, 2.24) is 15.1 Å². The fourth-order valence-corrected chi connectivity index (χ4v) is 7.62. The number of fused-ring (bicyclic) bond motifs is 2. The van der Waals surface area contributed by atoms with Gasteiger partial charge in [-0.2, -0.15) is 0 Å². The molecule has 0 radical (unpaired) electrons. The standard InChI is InChI=1S/C29H34N4O5S/c1-29-25(28(37)33(29)16-19-9-6-14-38-19)32(17-39-29)27(36)24(34)23(15-18-7-3-2-4-8-18)31-26(35)21-10-5-11-22-20(21)12-13-30-22/h2-5,7-8,10-11,19,23-25,30,34H,6,9,12-17H2,1H3,(H,31,35)/t19-,23+,24+,25-,29?/m1/s1. The van der Waals surface area contributed by atoms with Gasteiger partial charge in [0.1, 0.15) is 10.9 Å². The molecular formula is C29H34N4O5S. The van der Waals surface area contributed by atoms with Crippen molar-refractivity contribution in [3.63, 3.8) is 0 Å². The van der Waals surface area contributed by atoms with E-state index in [2.05, 4.69) is 10.6 Å². The van der Waals surface area contributed by atoms with Crippen LogP contribution in [0.2, 0.25) is 0 Å². The molecular weight excluding hydrogens is 516 g/mol. The van der Waals surface area contributed by atoms with Gasteiger partial charge in [0, 0.05) is 30.9 Å². The Hall–Kier alpha value is -3.08. The summed E-state index contributed by atoms with van der Waals surface area (Å²) in [6, 6.07) is 13.5. The first-order valence-corrected chi connectivity index (χ1v) is 14.6. The van der Waals surface area contributed by atoms with E-state index in [0.29, 0.717) is 24.6 Å². The number of nitrogens with one attached hydrogen (secondary N) is 2. The van der Waals surface area contributed by atoms with Crippen molar-refractivity contribution in [2.45, 2.75) is 61.8 Å². The van der Waals surface area contributed by atoms with Gasteiger partial charge in [-0.25, -0.2) is 0 Å². The van der Waals surface area contributed by atoms with Crippen molar-refractivity contribution in [3.05, 3.63) is 65.2 Å². The van der Waals surface area contributed by atoms with Gasteiger partial charge in [-0.1, -0.05) is 36.4 Å². The van der Waals surface area contributed by atoms with Gasteiger partial charge in [-0.15, -0.1) is 11.8 Å². The Bertz CT molecular complexity index is 1270. The fourth-order valence-electron chi connectivity index (χ4n) is 6.24. The number of benzene rings is 2. The molecule has 3 saturated heterocycles. The van der Waals surface area contributed by atoms with Gasteiger partial charge in [0.05, 0.1) is 18.0 Å². The van der Waals surface area contributed by atoms with Crippen LogP contribution >= 0.6 is 11.8 Å². The summed E-state index contributed by atoms with van der Waals surface area (Å²) in [5.74, 6) is -0.683. The van der Waals surface area contributed by atoms with Gasteiger partial charge in [0.15, 0.2) is 6.10 Å². The summed E-state index contributed by atoms with van der Waals surface area (Å²) in [6.07, 6.45) is 1.45. The normalized spacial score (nSPS) is 26.9. The molecule has 5 atom stereocenters. The summed E-state index contributed by atoms with van der Waals surface area (Å²) in [5, 5.41) is 17.6. The highest BCUT2D eigenvalue weighted by Crippen LogP contribution is 2.51. The minimum absolute atomic E-state index is 0.0303. The maximum atomic E-state index is 13.7. The van der Waals surface area contributed by atoms with Gasteiger partial charge in [0.25, 0.3) is 11.8 Å². The smallest absolute Gasteiger partial charge is 0.255 e. The number of β-lactam (4-membered cyclic amide) rings is 1. The van der Waals surface area contributed by atoms with E-state index in [9.17, 15) is 19.5 Å². The highest BCUT2D eigenvalue weighted by atomic mass is 32.2. The molecule has 6 rings (SSSR count). The Kier molecular flexibility index (Phi) is 7.03. The van der Waals surface area contributed by atoms with Crippen LogP contribution in [0, 0.1) is 0 Å². The molecule has 0 aromatic heterocycles. The molecule has 4 aliphatic rings. The first kappa shape index (κ1) is 26.2. The minimum atomic E-state index is -1.51. The molecule has 0 saturated carbocycles. The number of amides is 3. The van der Waals surface area contributed by atoms with Crippen LogP contribution in [0.1, 0.15) is 41.3 Å². The van der Waals surface area contributed by atoms with Gasteiger partial charge in [-0.05, 0) is 55.9 Å². The number of ether oxygens (including phenoxy) is 1. The van der Waals surface area contributed by atoms with E-state index in [0.717, 1.165) is 42.6 Å². The number of hydrogen-bond acceptors (Lipinski definition) is 7. The lowest BCUT2D eigenvalue weighted by molar-refractivity contribution is -0.169. The Labute approximate surface area is 232 Å². The van der Waals surface area contributed by atoms with Crippen LogP contribution < -0.4 is 10.6 Å². The number of anilines is 1. The average Bonchev–Trinajstić information content (AvgIpc) is 3.70. The average molecular weight is 551 g/mol. The van der Waals surface area contributed by atoms with E-state index in [1.807, 2.05) is 54.3 Å². The largest absolute Gasteiger partial charge is 0.384 e. The highest BCUT2D eigenvalue weighted by molar-refractivity contribution is 8.01. The number of carbonyl (C=O) groups excluding carboxylic acids is 3. The number of aliphatic hydroxyl groups excluding tert-OH is 1. The van der Waals surface area contributed by atoms with Crippen molar-refractivity contribution >= 4 is 35.2 Å². The van der Waals surface area contributed by atoms with Crippen molar-refractivity contribution in [1.29, 1.82) is 0 Å². The van der Waals surface area contributed by atoms with Crippen LogP contribution in [0.4, 0.5) is 5.69 Å². The lowest BCUT2D eigenvalue weighted by Gasteiger charge is -2.53. The second-order valence-electron chi connectivity index (χ2n) is 10.8. The first-order chi connectivity index (χ1) is 18.9. The number of thioether (sulfide) groups is 1. The molecule has 3 fully saturated rings. The Morgan fingerprint density at radius 1 is 1.23 bits per heavy atom. The molecule has 0 bridgehead atoms. The third kappa shape index (κ3) is 4.68. The van der Waals surface area contributed by atoms with Crippen LogP contribution in [0.3, 0.4) is 0 Å². The topological polar surface area (TPSA) is 111 Å². The Morgan fingerprint density at radius 3 is 2.82 bits per heavy atom. The molecule has 0 spiro atoms. The second-order valence-corrected chi connectivity index (χ2v) is 12.2. The lowest BCUT2D eigenvalue weighted by Crippen LogP contribution is -2.74. The molecule has 39 heavy (non-hydrogen) atoms. The monoisotopic (exact) mass is 550 g/mol. The summed E-state index contributed by atoms with van der Waals surface area (Å²) < 4.78 is 5.74. The van der Waals surface area contributed by atoms with E-state index in [1.165, 1.54) is 16.7 Å². The zero-order valence-electron chi connectivity index (χ0n) is 22.0. The summed E-state index contributed by atoms with van der Waals surface area (Å²) in [6.45, 7) is 3.98. The molecule has 1 unspecified atom stereocenters. The van der Waals surface area contributed by atoms with Gasteiger partial charge >= 0.3 is 0 Å². The maximum Gasteiger partial charge on any atom is 0.255 e. The van der Waals surface area contributed by atoms with Crippen LogP contribution in [-0.4, -0.2) is 87.4 Å². The van der Waals surface area contributed by atoms with E-state index < -0.39 is 29.0 Å². The maximum absolute atomic E-state index is 13.7. The van der Waals surface area contributed by atoms with Crippen molar-refractivity contribution in [2.75, 3.05) is 30.9 Å². The molecule has 4 aliphatic heterocycles. The van der Waals surface area contributed by atoms with Gasteiger partial charge in [0.2, 0.25) is 5.91 Å².